The van der Waals surface area contributed by atoms with E-state index in [9.17, 15) is 4.80 Å². The Hall–Kier alpha value is 0.940. The average Bonchev–Trinajstić information content (AvgIpc) is 2.57. The number of hydrogen-bond acceptors (Lipinski definition) is 4. The smallest absolute Gasteiger partial charge is 0.196 e. The zero-order chi connectivity index (χ0) is 21.6. The van der Waals surface area contributed by atoms with Crippen LogP contribution in [0.2, 0.25) is 16.6 Å². The standard InChI is InChI=1S/C9H22OSi.3C4H10O.Zr/c1-7(2)11(10,8(3)4)9(5)6;3*1-2-3-4-5;/h7-10H,1-6H3;3*5H,2-4H2,1H3;. The quantitative estimate of drug-likeness (QED) is 0.324. The molecule has 168 valence electrons. The molecule has 0 aromatic heterocycles. The molecule has 0 aliphatic carbocycles. The second-order valence-electron chi connectivity index (χ2n) is 7.58. The number of rotatable bonds is 9. The predicted molar refractivity (Wildman–Crippen MR) is 119 cm³/mol. The molecule has 0 aliphatic heterocycles. The summed E-state index contributed by atoms with van der Waals surface area (Å²) in [6.07, 6.45) is 6.11. The van der Waals surface area contributed by atoms with Crippen LogP contribution < -0.4 is 0 Å². The van der Waals surface area contributed by atoms with Gasteiger partial charge in [0.25, 0.3) is 0 Å². The maximum absolute atomic E-state index is 10.4. The Balaban J connectivity index is -0.0000000858. The molecule has 0 saturated heterocycles. The first-order valence-corrected chi connectivity index (χ1v) is 12.8. The summed E-state index contributed by atoms with van der Waals surface area (Å²) in [5, 5.41) is 24.2. The molecule has 27 heavy (non-hydrogen) atoms. The topological polar surface area (TPSA) is 80.9 Å². The van der Waals surface area contributed by atoms with E-state index in [1.54, 1.807) is 0 Å². The zero-order valence-corrected chi connectivity index (χ0v) is 23.3. The van der Waals surface area contributed by atoms with E-state index < -0.39 is 8.32 Å². The Morgan fingerprint density at radius 1 is 0.556 bits per heavy atom. The third kappa shape index (κ3) is 26.9. The molecule has 0 rings (SSSR count). The van der Waals surface area contributed by atoms with Crippen LogP contribution in [0.5, 0.6) is 0 Å². The minimum atomic E-state index is -1.98. The summed E-state index contributed by atoms with van der Waals surface area (Å²) in [7, 11) is -1.98. The van der Waals surface area contributed by atoms with Gasteiger partial charge in [-0.3, -0.25) is 0 Å². The van der Waals surface area contributed by atoms with Crippen molar-refractivity contribution in [3.05, 3.63) is 0 Å². The molecule has 0 amide bonds. The molecule has 0 heterocycles. The van der Waals surface area contributed by atoms with Crippen molar-refractivity contribution in [2.45, 2.75) is 117 Å². The molecule has 6 heteroatoms. The molecular formula is C21H52O4SiZr. The maximum Gasteiger partial charge on any atom is 0.196 e. The Labute approximate surface area is 191 Å². The van der Waals surface area contributed by atoms with Crippen molar-refractivity contribution in [1.29, 1.82) is 0 Å². The minimum absolute atomic E-state index is 0. The van der Waals surface area contributed by atoms with Crippen LogP contribution in [0.1, 0.15) is 101 Å². The summed E-state index contributed by atoms with van der Waals surface area (Å²) in [5.41, 5.74) is 1.42. The van der Waals surface area contributed by atoms with Crippen LogP contribution in [-0.4, -0.2) is 48.3 Å². The van der Waals surface area contributed by atoms with Crippen LogP contribution >= 0.6 is 0 Å². The first-order valence-electron chi connectivity index (χ1n) is 10.6. The Bertz CT molecular complexity index is 198. The van der Waals surface area contributed by atoms with Gasteiger partial charge in [0.05, 0.1) is 0 Å². The largest absolute Gasteiger partial charge is 0.431 e. The van der Waals surface area contributed by atoms with E-state index in [1.807, 2.05) is 0 Å². The normalized spacial score (nSPS) is 10.2. The van der Waals surface area contributed by atoms with Gasteiger partial charge >= 0.3 is 0 Å². The minimum Gasteiger partial charge on any atom is -0.431 e. The molecule has 0 spiro atoms. The average molecular weight is 488 g/mol. The van der Waals surface area contributed by atoms with Gasteiger partial charge in [0.1, 0.15) is 0 Å². The van der Waals surface area contributed by atoms with Crippen molar-refractivity contribution in [3.8, 4) is 0 Å². The molecule has 0 aromatic carbocycles. The molecule has 0 aliphatic rings. The van der Waals surface area contributed by atoms with Crippen LogP contribution in [0, 0.1) is 0 Å². The second-order valence-corrected chi connectivity index (χ2v) is 12.8. The Morgan fingerprint density at radius 2 is 0.741 bits per heavy atom. The fourth-order valence-electron chi connectivity index (χ4n) is 2.47. The van der Waals surface area contributed by atoms with Gasteiger partial charge in [-0.1, -0.05) is 81.6 Å². The first kappa shape index (κ1) is 38.5. The molecular weight excluding hydrogens is 436 g/mol. The van der Waals surface area contributed by atoms with Gasteiger partial charge in [-0.05, 0) is 35.9 Å². The fourth-order valence-corrected chi connectivity index (χ4v) is 6.47. The predicted octanol–water partition coefficient (Wildman–Crippen LogP) is 5.49. The molecule has 4 N–H and O–H groups in total. The molecule has 0 aromatic rings. The van der Waals surface area contributed by atoms with Crippen LogP contribution in [0.4, 0.5) is 0 Å². The van der Waals surface area contributed by atoms with E-state index in [-0.39, 0.29) is 26.2 Å². The molecule has 0 bridgehead atoms. The molecule has 0 unspecified atom stereocenters. The van der Waals surface area contributed by atoms with Gasteiger partial charge in [-0.25, -0.2) is 0 Å². The van der Waals surface area contributed by atoms with E-state index in [4.69, 9.17) is 15.3 Å². The van der Waals surface area contributed by atoms with Gasteiger partial charge in [-0.15, -0.1) is 0 Å². The number of hydrogen-bond donors (Lipinski definition) is 4. The van der Waals surface area contributed by atoms with Crippen LogP contribution in [0.3, 0.4) is 0 Å². The second kappa shape index (κ2) is 29.1. The van der Waals surface area contributed by atoms with Crippen molar-refractivity contribution in [2.24, 2.45) is 0 Å². The van der Waals surface area contributed by atoms with E-state index in [1.165, 1.54) is 0 Å². The molecule has 0 atom stereocenters. The van der Waals surface area contributed by atoms with Crippen molar-refractivity contribution in [2.75, 3.05) is 19.8 Å². The summed E-state index contributed by atoms with van der Waals surface area (Å²) in [4.78, 5) is 10.4. The first-order chi connectivity index (χ1) is 12.1. The Kier molecular flexibility index (Phi) is 41.6. The SMILES string of the molecule is CC(C)[Si](O)(C(C)C)C(C)C.CCCCO.CCCCO.CCCCO.[Zr]. The van der Waals surface area contributed by atoms with Gasteiger partial charge in [0.15, 0.2) is 8.32 Å². The number of unbranched alkanes of at least 4 members (excludes halogenated alkanes) is 3. The van der Waals surface area contributed by atoms with Gasteiger partial charge in [-0.2, -0.15) is 0 Å². The molecule has 0 saturated carbocycles. The summed E-state index contributed by atoms with van der Waals surface area (Å²) in [6.45, 7) is 20.1. The fraction of sp³-hybridized carbons (Fsp3) is 1.00. The molecule has 0 radical (unpaired) electrons. The van der Waals surface area contributed by atoms with Crippen molar-refractivity contribution < 1.29 is 46.3 Å². The summed E-state index contributed by atoms with van der Waals surface area (Å²) in [6, 6.07) is 0. The van der Waals surface area contributed by atoms with E-state index in [2.05, 4.69) is 62.3 Å². The number of aliphatic hydroxyl groups excluding tert-OH is 3. The maximum atomic E-state index is 10.4. The van der Waals surface area contributed by atoms with Crippen molar-refractivity contribution >= 4 is 8.32 Å². The van der Waals surface area contributed by atoms with E-state index >= 15 is 0 Å². The van der Waals surface area contributed by atoms with Crippen molar-refractivity contribution in [1.82, 2.24) is 0 Å². The summed E-state index contributed by atoms with van der Waals surface area (Å²) < 4.78 is 0. The molecule has 0 fully saturated rings. The van der Waals surface area contributed by atoms with E-state index in [0.29, 0.717) is 36.4 Å². The summed E-state index contributed by atoms with van der Waals surface area (Å²) >= 11 is 0. The molecule has 4 nitrogen and oxygen atoms in total. The van der Waals surface area contributed by atoms with Gasteiger partial charge in [0, 0.05) is 46.0 Å². The zero-order valence-electron chi connectivity index (χ0n) is 19.9. The van der Waals surface area contributed by atoms with Crippen molar-refractivity contribution in [3.63, 3.8) is 0 Å². The third-order valence-corrected chi connectivity index (χ3v) is 9.86. The third-order valence-electron chi connectivity index (χ3n) is 4.31. The number of aliphatic hydroxyl groups is 3. The van der Waals surface area contributed by atoms with Gasteiger partial charge in [0.2, 0.25) is 0 Å². The van der Waals surface area contributed by atoms with Gasteiger partial charge < -0.3 is 20.1 Å². The van der Waals surface area contributed by atoms with E-state index in [0.717, 1.165) is 38.5 Å². The van der Waals surface area contributed by atoms with Crippen LogP contribution in [0.15, 0.2) is 0 Å². The van der Waals surface area contributed by atoms with Crippen LogP contribution in [0.25, 0.3) is 0 Å². The van der Waals surface area contributed by atoms with Crippen LogP contribution in [-0.2, 0) is 26.2 Å². The Morgan fingerprint density at radius 3 is 0.741 bits per heavy atom. The summed E-state index contributed by atoms with van der Waals surface area (Å²) in [5.74, 6) is 0. The monoisotopic (exact) mass is 486 g/mol.